The van der Waals surface area contributed by atoms with Gasteiger partial charge in [-0.15, -0.1) is 11.3 Å². The lowest BCUT2D eigenvalue weighted by Gasteiger charge is -2.35. The molecule has 5 heterocycles. The summed E-state index contributed by atoms with van der Waals surface area (Å²) in [5.74, 6) is 1.90. The molecule has 0 bridgehead atoms. The van der Waals surface area contributed by atoms with Crippen LogP contribution in [0, 0.1) is 26.7 Å². The Labute approximate surface area is 376 Å². The number of amides is 2. The number of piperazine rings is 1. The second-order valence-corrected chi connectivity index (χ2v) is 19.2. The third-order valence-corrected chi connectivity index (χ3v) is 14.5. The summed E-state index contributed by atoms with van der Waals surface area (Å²) in [6.45, 7) is 13.0. The van der Waals surface area contributed by atoms with Crippen LogP contribution in [0.2, 0.25) is 0 Å². The standard InChI is InChI=1S/C47H69N11O4S/c1-31-38-29-51-46(54-43(38)58(35-16-10-11-17-35)45(62)42(31)33(3)59)53-40-21-20-36(28-50-40)57-26-24-56(25-27-57)30-41(60)49-23-15-9-7-5-6-8-14-22-48-39-19-13-12-18-37(39)44(61)55-47-52-32(2)34(4)63-47/h20-21,28,35,37,39,48H,5-19,22-27,29-30H2,1-4H3,(H,49,60)(H,52,55,61)(H2,50,51,53,54). The first-order chi connectivity index (χ1) is 30.5. The Hall–Kier alpha value is -4.67. The Kier molecular flexibility index (Phi) is 16.4. The third-order valence-electron chi connectivity index (χ3n) is 13.5. The summed E-state index contributed by atoms with van der Waals surface area (Å²) in [6.07, 6.45) is 18.2. The number of ketones is 1. The van der Waals surface area contributed by atoms with Gasteiger partial charge in [-0.25, -0.2) is 15.0 Å². The Morgan fingerprint density at radius 3 is 2.25 bits per heavy atom. The van der Waals surface area contributed by atoms with Gasteiger partial charge in [0, 0.05) is 55.2 Å². The number of Topliss-reactive ketones (excluding diaryl/α,β-unsaturated/α-hetero) is 1. The Bertz CT molecular complexity index is 2120. The molecule has 63 heavy (non-hydrogen) atoms. The van der Waals surface area contributed by atoms with Crippen LogP contribution < -0.4 is 37.0 Å². The highest BCUT2D eigenvalue weighted by Crippen LogP contribution is 2.35. The summed E-state index contributed by atoms with van der Waals surface area (Å²) in [7, 11) is 0. The molecule has 2 saturated carbocycles. The van der Waals surface area contributed by atoms with Crippen molar-refractivity contribution in [2.24, 2.45) is 10.9 Å². The molecule has 342 valence electrons. The van der Waals surface area contributed by atoms with E-state index in [4.69, 9.17) is 4.99 Å². The van der Waals surface area contributed by atoms with Crippen LogP contribution in [0.25, 0.3) is 0 Å². The molecule has 2 amide bonds. The van der Waals surface area contributed by atoms with Gasteiger partial charge in [0.25, 0.3) is 5.56 Å². The van der Waals surface area contributed by atoms with Crippen LogP contribution in [0.5, 0.6) is 0 Å². The summed E-state index contributed by atoms with van der Waals surface area (Å²) in [6, 6.07) is 4.29. The number of guanidine groups is 1. The summed E-state index contributed by atoms with van der Waals surface area (Å²) in [4.78, 5) is 71.4. The fraction of sp³-hybridized carbons (Fsp3) is 0.638. The minimum atomic E-state index is -0.219. The molecule has 15 nitrogen and oxygen atoms in total. The number of carbonyl (C=O) groups excluding carboxylic acids is 3. The van der Waals surface area contributed by atoms with Gasteiger partial charge >= 0.3 is 0 Å². The average molecular weight is 884 g/mol. The van der Waals surface area contributed by atoms with Crippen LogP contribution in [-0.4, -0.2) is 94.8 Å². The zero-order chi connectivity index (χ0) is 44.3. The van der Waals surface area contributed by atoms with Crippen molar-refractivity contribution in [1.82, 2.24) is 30.1 Å². The number of fused-ring (bicyclic) bond motifs is 1. The van der Waals surface area contributed by atoms with E-state index >= 15 is 0 Å². The molecule has 3 fully saturated rings. The van der Waals surface area contributed by atoms with E-state index in [-0.39, 0.29) is 46.7 Å². The summed E-state index contributed by atoms with van der Waals surface area (Å²) >= 11 is 1.56. The number of hydrogen-bond donors (Lipinski definition) is 5. The van der Waals surface area contributed by atoms with Gasteiger partial charge < -0.3 is 31.5 Å². The van der Waals surface area contributed by atoms with Crippen molar-refractivity contribution in [3.63, 3.8) is 0 Å². The SMILES string of the molecule is CC(=O)c1c(C)c2c(n(C3CCCC3)c1=O)NC(Nc1ccc(N3CCN(CC(=O)NCCCCCCCCCNC4CCCCC4C(=O)Nc4nc(C)c(C)s4)CC3)cn1)=NC2. The van der Waals surface area contributed by atoms with E-state index in [0.29, 0.717) is 30.4 Å². The molecule has 1 saturated heterocycles. The van der Waals surface area contributed by atoms with E-state index in [0.717, 1.165) is 136 Å². The van der Waals surface area contributed by atoms with Crippen molar-refractivity contribution in [2.45, 2.75) is 143 Å². The lowest BCUT2D eigenvalue weighted by atomic mass is 9.83. The van der Waals surface area contributed by atoms with Gasteiger partial charge in [-0.2, -0.15) is 0 Å². The molecule has 0 aromatic carbocycles. The van der Waals surface area contributed by atoms with Crippen LogP contribution in [0.4, 0.5) is 22.5 Å². The number of hydrogen-bond acceptors (Lipinski definition) is 13. The summed E-state index contributed by atoms with van der Waals surface area (Å²) < 4.78 is 1.80. The first-order valence-corrected chi connectivity index (χ1v) is 24.4. The minimum absolute atomic E-state index is 0.0102. The third kappa shape index (κ3) is 12.1. The van der Waals surface area contributed by atoms with Gasteiger partial charge in [0.15, 0.2) is 10.9 Å². The Balaban J connectivity index is 0.734. The molecule has 2 aliphatic heterocycles. The largest absolute Gasteiger partial charge is 0.368 e. The highest BCUT2D eigenvalue weighted by Gasteiger charge is 2.32. The van der Waals surface area contributed by atoms with E-state index in [1.54, 1.807) is 15.9 Å². The number of rotatable bonds is 19. The predicted octanol–water partition coefficient (Wildman–Crippen LogP) is 7.09. The highest BCUT2D eigenvalue weighted by atomic mass is 32.1. The number of nitrogens with zero attached hydrogens (tertiary/aromatic N) is 6. The van der Waals surface area contributed by atoms with Gasteiger partial charge in [-0.05, 0) is 90.5 Å². The van der Waals surface area contributed by atoms with Gasteiger partial charge in [0.1, 0.15) is 11.6 Å². The maximum Gasteiger partial charge on any atom is 0.263 e. The first kappa shape index (κ1) is 46.3. The molecule has 2 aliphatic carbocycles. The number of anilines is 4. The normalized spacial score (nSPS) is 19.3. The number of aryl methyl sites for hydroxylation is 2. The number of aliphatic imine (C=N–C) groups is 1. The lowest BCUT2D eigenvalue weighted by molar-refractivity contribution is -0.122. The quantitative estimate of drug-likeness (QED) is 0.0614. The van der Waals surface area contributed by atoms with E-state index in [2.05, 4.69) is 46.4 Å². The molecule has 4 aliphatic rings. The minimum Gasteiger partial charge on any atom is -0.368 e. The van der Waals surface area contributed by atoms with Gasteiger partial charge in [-0.3, -0.25) is 28.6 Å². The fourth-order valence-corrected chi connectivity index (χ4v) is 10.6. The molecule has 0 radical (unpaired) electrons. The smallest absolute Gasteiger partial charge is 0.263 e. The highest BCUT2D eigenvalue weighted by molar-refractivity contribution is 7.15. The van der Waals surface area contributed by atoms with Crippen LogP contribution in [0.15, 0.2) is 28.1 Å². The summed E-state index contributed by atoms with van der Waals surface area (Å²) in [5, 5.41) is 17.3. The molecule has 5 N–H and O–H groups in total. The molecule has 2 atom stereocenters. The number of thiazole rings is 1. The van der Waals surface area contributed by atoms with Gasteiger partial charge in [0.2, 0.25) is 17.8 Å². The molecule has 16 heteroatoms. The lowest BCUT2D eigenvalue weighted by Crippen LogP contribution is -2.49. The molecule has 3 aromatic rings. The van der Waals surface area contributed by atoms with Gasteiger partial charge in [0.05, 0.1) is 42.1 Å². The summed E-state index contributed by atoms with van der Waals surface area (Å²) in [5.41, 5.74) is 3.66. The molecule has 0 spiro atoms. The number of pyridine rings is 2. The maximum absolute atomic E-state index is 13.6. The van der Waals surface area contributed by atoms with E-state index in [1.165, 1.54) is 39.0 Å². The van der Waals surface area contributed by atoms with Crippen molar-refractivity contribution in [3.05, 3.63) is 55.9 Å². The number of carbonyl (C=O) groups is 3. The Morgan fingerprint density at radius 2 is 1.57 bits per heavy atom. The molecule has 2 unspecified atom stereocenters. The Morgan fingerprint density at radius 1 is 0.873 bits per heavy atom. The fourth-order valence-electron chi connectivity index (χ4n) is 9.75. The van der Waals surface area contributed by atoms with Crippen LogP contribution in [0.3, 0.4) is 0 Å². The molecule has 7 rings (SSSR count). The van der Waals surface area contributed by atoms with E-state index in [9.17, 15) is 19.2 Å². The molecular weight excluding hydrogens is 815 g/mol. The monoisotopic (exact) mass is 884 g/mol. The van der Waals surface area contributed by atoms with Crippen molar-refractivity contribution in [1.29, 1.82) is 0 Å². The van der Waals surface area contributed by atoms with Crippen molar-refractivity contribution in [2.75, 3.05) is 66.7 Å². The van der Waals surface area contributed by atoms with Crippen LogP contribution in [-0.2, 0) is 16.1 Å². The van der Waals surface area contributed by atoms with Crippen molar-refractivity contribution >= 4 is 57.3 Å². The number of aromatic nitrogens is 3. The van der Waals surface area contributed by atoms with Crippen molar-refractivity contribution < 1.29 is 14.4 Å². The van der Waals surface area contributed by atoms with Gasteiger partial charge in [-0.1, -0.05) is 57.8 Å². The van der Waals surface area contributed by atoms with E-state index < -0.39 is 0 Å². The second-order valence-electron chi connectivity index (χ2n) is 18.0. The average Bonchev–Trinajstić information content (AvgIpc) is 3.92. The zero-order valence-electron chi connectivity index (χ0n) is 38.0. The topological polar surface area (TPSA) is 178 Å². The van der Waals surface area contributed by atoms with E-state index in [1.807, 2.05) is 39.1 Å². The molecular formula is C47H69N11O4S. The van der Waals surface area contributed by atoms with Crippen LogP contribution in [0.1, 0.15) is 141 Å². The van der Waals surface area contributed by atoms with Crippen molar-refractivity contribution in [3.8, 4) is 0 Å². The zero-order valence-corrected chi connectivity index (χ0v) is 38.8. The number of nitrogens with one attached hydrogen (secondary N) is 5. The van der Waals surface area contributed by atoms with Crippen LogP contribution >= 0.6 is 11.3 Å². The number of unbranched alkanes of at least 4 members (excludes halogenated alkanes) is 6. The second kappa shape index (κ2) is 22.3. The maximum atomic E-state index is 13.6. The molecule has 3 aromatic heterocycles. The first-order valence-electron chi connectivity index (χ1n) is 23.6. The predicted molar refractivity (Wildman–Crippen MR) is 254 cm³/mol.